The van der Waals surface area contributed by atoms with Gasteiger partial charge >= 0.3 is 0 Å². The predicted octanol–water partition coefficient (Wildman–Crippen LogP) is 0.589. The molecule has 0 atom stereocenters. The van der Waals surface area contributed by atoms with Crippen LogP contribution in [0.15, 0.2) is 4.52 Å². The number of nitrogens with zero attached hydrogens (tertiary/aromatic N) is 2. The highest BCUT2D eigenvalue weighted by atomic mass is 32.2. The lowest BCUT2D eigenvalue weighted by Crippen LogP contribution is -2.24. The maximum Gasteiger partial charge on any atom is 0.226 e. The molecule has 0 saturated carbocycles. The Bertz CT molecular complexity index is 484. The summed E-state index contributed by atoms with van der Waals surface area (Å²) >= 11 is 0. The van der Waals surface area contributed by atoms with Crippen molar-refractivity contribution in [1.29, 1.82) is 0 Å². The van der Waals surface area contributed by atoms with Gasteiger partial charge in [0.15, 0.2) is 5.82 Å². The Hall–Kier alpha value is -0.950. The molecule has 0 aromatic carbocycles. The lowest BCUT2D eigenvalue weighted by Gasteiger charge is -2.20. The minimum atomic E-state index is -2.79. The fourth-order valence-corrected chi connectivity index (χ4v) is 3.88. The van der Waals surface area contributed by atoms with E-state index in [2.05, 4.69) is 15.5 Å². The summed E-state index contributed by atoms with van der Waals surface area (Å²) in [7, 11) is -0.876. The molecule has 19 heavy (non-hydrogen) atoms. The van der Waals surface area contributed by atoms with E-state index in [0.717, 1.165) is 25.8 Å². The summed E-state index contributed by atoms with van der Waals surface area (Å²) in [5, 5.41) is 7.04. The van der Waals surface area contributed by atoms with Gasteiger partial charge in [0.2, 0.25) is 5.89 Å². The largest absolute Gasteiger partial charge is 0.339 e. The van der Waals surface area contributed by atoms with E-state index in [0.29, 0.717) is 42.0 Å². The molecule has 1 aromatic rings. The van der Waals surface area contributed by atoms with Crippen molar-refractivity contribution in [2.24, 2.45) is 5.92 Å². The molecule has 0 unspecified atom stereocenters. The molecule has 1 N–H and O–H groups in total. The topological polar surface area (TPSA) is 85.1 Å². The Kier molecular flexibility index (Phi) is 4.93. The van der Waals surface area contributed by atoms with Gasteiger partial charge in [0.1, 0.15) is 9.84 Å². The summed E-state index contributed by atoms with van der Waals surface area (Å²) in [6.45, 7) is 0.929. The molecule has 0 spiro atoms. The zero-order chi connectivity index (χ0) is 13.7. The van der Waals surface area contributed by atoms with E-state index >= 15 is 0 Å². The summed E-state index contributed by atoms with van der Waals surface area (Å²) in [4.78, 5) is 4.36. The van der Waals surface area contributed by atoms with Crippen LogP contribution in [0.4, 0.5) is 0 Å². The van der Waals surface area contributed by atoms with Crippen LogP contribution in [-0.2, 0) is 22.7 Å². The second kappa shape index (κ2) is 6.47. The van der Waals surface area contributed by atoms with Gasteiger partial charge in [-0.3, -0.25) is 0 Å². The van der Waals surface area contributed by atoms with Crippen LogP contribution < -0.4 is 5.32 Å². The van der Waals surface area contributed by atoms with Crippen molar-refractivity contribution in [3.63, 3.8) is 0 Å². The number of hydrogen-bond donors (Lipinski definition) is 1. The molecular formula is C12H21N3O3S. The average molecular weight is 287 g/mol. The Labute approximate surface area is 113 Å². The van der Waals surface area contributed by atoms with E-state index in [9.17, 15) is 8.42 Å². The van der Waals surface area contributed by atoms with E-state index in [1.54, 1.807) is 0 Å². The SMILES string of the molecule is CNCCCc1nc(CC2CCS(=O)(=O)CC2)no1. The van der Waals surface area contributed by atoms with Crippen molar-refractivity contribution < 1.29 is 12.9 Å². The van der Waals surface area contributed by atoms with E-state index in [1.165, 1.54) is 0 Å². The van der Waals surface area contributed by atoms with Crippen LogP contribution in [0.1, 0.15) is 31.0 Å². The first-order valence-corrected chi connectivity index (χ1v) is 8.57. The standard InChI is InChI=1S/C12H21N3O3S/c1-13-6-2-3-12-14-11(15-18-12)9-10-4-7-19(16,17)8-5-10/h10,13H,2-9H2,1H3. The van der Waals surface area contributed by atoms with Crippen LogP contribution in [-0.4, -0.2) is 43.7 Å². The molecule has 1 aromatic heterocycles. The first kappa shape index (κ1) is 14.5. The van der Waals surface area contributed by atoms with Crippen molar-refractivity contribution in [1.82, 2.24) is 15.5 Å². The molecule has 0 amide bonds. The molecule has 2 rings (SSSR count). The number of aryl methyl sites for hydroxylation is 1. The first-order chi connectivity index (χ1) is 9.09. The first-order valence-electron chi connectivity index (χ1n) is 6.75. The summed E-state index contributed by atoms with van der Waals surface area (Å²) < 4.78 is 27.9. The maximum absolute atomic E-state index is 11.3. The number of hydrogen-bond acceptors (Lipinski definition) is 6. The highest BCUT2D eigenvalue weighted by Gasteiger charge is 2.24. The minimum absolute atomic E-state index is 0.296. The van der Waals surface area contributed by atoms with Gasteiger partial charge in [-0.05, 0) is 38.8 Å². The smallest absolute Gasteiger partial charge is 0.226 e. The van der Waals surface area contributed by atoms with Crippen molar-refractivity contribution in [2.45, 2.75) is 32.1 Å². The normalized spacial score (nSPS) is 19.6. The summed E-state index contributed by atoms with van der Waals surface area (Å²) in [6.07, 6.45) is 3.91. The molecular weight excluding hydrogens is 266 g/mol. The average Bonchev–Trinajstić information content (AvgIpc) is 2.80. The van der Waals surface area contributed by atoms with Crippen molar-refractivity contribution in [3.8, 4) is 0 Å². The second-order valence-corrected chi connectivity index (χ2v) is 7.41. The van der Waals surface area contributed by atoms with Crippen LogP contribution in [0.2, 0.25) is 0 Å². The molecule has 0 bridgehead atoms. The zero-order valence-electron chi connectivity index (χ0n) is 11.3. The quantitative estimate of drug-likeness (QED) is 0.771. The van der Waals surface area contributed by atoms with E-state index < -0.39 is 9.84 Å². The number of aromatic nitrogens is 2. The van der Waals surface area contributed by atoms with Gasteiger partial charge in [0, 0.05) is 12.8 Å². The highest BCUT2D eigenvalue weighted by Crippen LogP contribution is 2.22. The van der Waals surface area contributed by atoms with Crippen LogP contribution in [0.25, 0.3) is 0 Å². The van der Waals surface area contributed by atoms with Crippen molar-refractivity contribution in [3.05, 3.63) is 11.7 Å². The molecule has 108 valence electrons. The van der Waals surface area contributed by atoms with Gasteiger partial charge < -0.3 is 9.84 Å². The predicted molar refractivity (Wildman–Crippen MR) is 71.6 cm³/mol. The lowest BCUT2D eigenvalue weighted by atomic mass is 9.99. The molecule has 1 aliphatic heterocycles. The monoisotopic (exact) mass is 287 g/mol. The van der Waals surface area contributed by atoms with E-state index in [4.69, 9.17) is 4.52 Å². The summed E-state index contributed by atoms with van der Waals surface area (Å²) in [5.41, 5.74) is 0. The van der Waals surface area contributed by atoms with Crippen molar-refractivity contribution in [2.75, 3.05) is 25.1 Å². The van der Waals surface area contributed by atoms with Gasteiger partial charge in [0.05, 0.1) is 11.5 Å². The number of rotatable bonds is 6. The third-order valence-electron chi connectivity index (χ3n) is 3.47. The van der Waals surface area contributed by atoms with Crippen LogP contribution in [0, 0.1) is 5.92 Å². The van der Waals surface area contributed by atoms with Crippen LogP contribution in [0.3, 0.4) is 0 Å². The lowest BCUT2D eigenvalue weighted by molar-refractivity contribution is 0.364. The fourth-order valence-electron chi connectivity index (χ4n) is 2.29. The molecule has 7 heteroatoms. The molecule has 1 fully saturated rings. The Morgan fingerprint density at radius 1 is 1.37 bits per heavy atom. The molecule has 2 heterocycles. The summed E-state index contributed by atoms with van der Waals surface area (Å²) in [5.74, 6) is 2.35. The molecule has 1 saturated heterocycles. The van der Waals surface area contributed by atoms with Crippen molar-refractivity contribution >= 4 is 9.84 Å². The molecule has 1 aliphatic rings. The Balaban J connectivity index is 1.80. The third-order valence-corrected chi connectivity index (χ3v) is 5.19. The second-order valence-electron chi connectivity index (χ2n) is 5.11. The Morgan fingerprint density at radius 2 is 2.11 bits per heavy atom. The molecule has 0 aliphatic carbocycles. The van der Waals surface area contributed by atoms with E-state index in [-0.39, 0.29) is 0 Å². The van der Waals surface area contributed by atoms with Gasteiger partial charge in [-0.1, -0.05) is 5.16 Å². The molecule has 6 nitrogen and oxygen atoms in total. The van der Waals surface area contributed by atoms with Crippen LogP contribution >= 0.6 is 0 Å². The van der Waals surface area contributed by atoms with Gasteiger partial charge in [-0.25, -0.2) is 8.42 Å². The third kappa shape index (κ3) is 4.58. The molecule has 0 radical (unpaired) electrons. The number of sulfone groups is 1. The van der Waals surface area contributed by atoms with Crippen LogP contribution in [0.5, 0.6) is 0 Å². The van der Waals surface area contributed by atoms with E-state index in [1.807, 2.05) is 7.05 Å². The van der Waals surface area contributed by atoms with Gasteiger partial charge in [-0.2, -0.15) is 4.98 Å². The fraction of sp³-hybridized carbons (Fsp3) is 0.833. The van der Waals surface area contributed by atoms with Gasteiger partial charge in [-0.15, -0.1) is 0 Å². The zero-order valence-corrected chi connectivity index (χ0v) is 12.1. The van der Waals surface area contributed by atoms with Gasteiger partial charge in [0.25, 0.3) is 0 Å². The summed E-state index contributed by atoms with van der Waals surface area (Å²) in [6, 6.07) is 0. The maximum atomic E-state index is 11.3. The highest BCUT2D eigenvalue weighted by molar-refractivity contribution is 7.91. The Morgan fingerprint density at radius 3 is 2.79 bits per heavy atom. The minimum Gasteiger partial charge on any atom is -0.339 e. The number of nitrogens with one attached hydrogen (secondary N) is 1.